The van der Waals surface area contributed by atoms with Crippen LogP contribution in [0.3, 0.4) is 0 Å². The van der Waals surface area contributed by atoms with Gasteiger partial charge in [0, 0.05) is 10.8 Å². The molecular weight excluding hydrogens is 839 g/mol. The lowest BCUT2D eigenvalue weighted by Gasteiger charge is -2.70. The van der Waals surface area contributed by atoms with Gasteiger partial charge in [0.25, 0.3) is 0 Å². The zero-order valence-electron chi connectivity index (χ0n) is 40.3. The van der Waals surface area contributed by atoms with Gasteiger partial charge in [-0.1, -0.05) is 20.8 Å². The van der Waals surface area contributed by atoms with E-state index in [1.54, 1.807) is 20.8 Å². The summed E-state index contributed by atoms with van der Waals surface area (Å²) in [5.74, 6) is -11.0. The minimum absolute atomic E-state index is 0.139. The molecule has 0 aromatic carbocycles. The molecule has 4 bridgehead atoms. The van der Waals surface area contributed by atoms with Crippen LogP contribution in [-0.4, -0.2) is 97.8 Å². The van der Waals surface area contributed by atoms with Crippen molar-refractivity contribution in [2.45, 2.75) is 227 Å². The van der Waals surface area contributed by atoms with E-state index in [1.165, 1.54) is 13.8 Å². The van der Waals surface area contributed by atoms with Crippen molar-refractivity contribution in [1.29, 1.82) is 0 Å². The molecule has 6 unspecified atom stereocenters. The topological polar surface area (TPSA) is 175 Å². The molecule has 4 saturated carbocycles. The zero-order valence-corrected chi connectivity index (χ0v) is 40.3. The first-order chi connectivity index (χ1) is 28.0. The molecule has 0 aromatic rings. The van der Waals surface area contributed by atoms with Crippen molar-refractivity contribution < 1.29 is 80.1 Å². The highest BCUT2D eigenvalue weighted by molar-refractivity contribution is 5.79. The maximum Gasteiger partial charge on any atom is 0.449 e. The molecule has 6 aliphatic rings. The smallest absolute Gasteiger partial charge is 0.449 e. The molecule has 4 aliphatic carbocycles. The normalized spacial score (nSPS) is 35.1. The van der Waals surface area contributed by atoms with E-state index in [9.17, 15) is 56.4 Å². The molecule has 6 atom stereocenters. The standard InChI is InChI=1S/C22H38O4.C12H17F5O4.C12H20O4/c1-8-17(2,3)16(23)26-22-11-15-9-20(13-22,18(4,5)24)12-21(10-15,14-22)19(6,7)25;1-5-8(2,3)7(18)21-9(4)6-20-11(19,10(9,13)14)12(15,16)17;1-6-11(3,4)10(14)16-12(5)7-9(13)15-8(12)2/h15,24-25H,8-14H2,1-7H3;19H,5-6H2,1-4H3;8H,6-7H2,1-5H3. The highest BCUT2D eigenvalue weighted by atomic mass is 19.4. The number of halogens is 5. The third kappa shape index (κ3) is 10.1. The number of rotatable bonds is 11. The number of alkyl halides is 5. The Bertz CT molecular complexity index is 1700. The van der Waals surface area contributed by atoms with Crippen LogP contribution in [0.2, 0.25) is 0 Å². The monoisotopic (exact) mass is 915 g/mol. The minimum Gasteiger partial charge on any atom is -0.459 e. The first-order valence-corrected chi connectivity index (χ1v) is 22.1. The lowest BCUT2D eigenvalue weighted by Crippen LogP contribution is -2.70. The first kappa shape index (κ1) is 54.7. The SMILES string of the molecule is CCC(C)(C)C(=O)OC1(C)CC(=O)OC1C.CCC(C)(C)C(=O)OC1(C)COC(O)(C(F)(F)F)C1(F)F.CCC(C)(C)C(=O)OC12CC3CC(C(C)(C)O)(C1)CC(C(C)(C)O)(C3)C2. The Hall–Kier alpha value is -2.63. The van der Waals surface area contributed by atoms with Crippen molar-refractivity contribution in [1.82, 2.24) is 0 Å². The summed E-state index contributed by atoms with van der Waals surface area (Å²) in [6.07, 6.45) is 0.718. The van der Waals surface area contributed by atoms with Gasteiger partial charge in [0.05, 0.1) is 40.5 Å². The average Bonchev–Trinajstić information content (AvgIpc) is 3.48. The summed E-state index contributed by atoms with van der Waals surface area (Å²) >= 11 is 0. The van der Waals surface area contributed by atoms with Gasteiger partial charge >= 0.3 is 41.8 Å². The van der Waals surface area contributed by atoms with Crippen molar-refractivity contribution in [3.8, 4) is 0 Å². The van der Waals surface area contributed by atoms with Crippen molar-refractivity contribution >= 4 is 23.9 Å². The third-order valence-corrected chi connectivity index (χ3v) is 15.6. The van der Waals surface area contributed by atoms with E-state index in [1.807, 2.05) is 69.2 Å². The van der Waals surface area contributed by atoms with Crippen LogP contribution >= 0.6 is 0 Å². The van der Waals surface area contributed by atoms with Gasteiger partial charge < -0.3 is 39.0 Å². The van der Waals surface area contributed by atoms with E-state index in [4.69, 9.17) is 14.2 Å². The van der Waals surface area contributed by atoms with Crippen LogP contribution in [0.1, 0.15) is 175 Å². The molecule has 0 spiro atoms. The van der Waals surface area contributed by atoms with Gasteiger partial charge in [0.1, 0.15) is 11.7 Å². The maximum atomic E-state index is 14.0. The number of carbonyl (C=O) groups excluding carboxylic acids is 4. The Morgan fingerprint density at radius 3 is 1.43 bits per heavy atom. The maximum absolute atomic E-state index is 14.0. The molecule has 12 nitrogen and oxygen atoms in total. The lowest BCUT2D eigenvalue weighted by molar-refractivity contribution is -0.409. The van der Waals surface area contributed by atoms with E-state index >= 15 is 0 Å². The van der Waals surface area contributed by atoms with Gasteiger partial charge in [-0.15, -0.1) is 0 Å². The van der Waals surface area contributed by atoms with E-state index in [0.717, 1.165) is 32.1 Å². The van der Waals surface area contributed by atoms with Crippen LogP contribution in [-0.2, 0) is 42.9 Å². The Kier molecular flexibility index (Phi) is 14.7. The van der Waals surface area contributed by atoms with Crippen molar-refractivity contribution in [2.75, 3.05) is 6.61 Å². The number of cyclic esters (lactones) is 1. The lowest BCUT2D eigenvalue weighted by atomic mass is 9.37. The summed E-state index contributed by atoms with van der Waals surface area (Å²) in [6.45, 7) is 26.3. The number of hydrogen-bond acceptors (Lipinski definition) is 12. The highest BCUT2D eigenvalue weighted by Crippen LogP contribution is 2.72. The summed E-state index contributed by atoms with van der Waals surface area (Å²) in [4.78, 5) is 47.8. The Morgan fingerprint density at radius 2 is 1.10 bits per heavy atom. The fourth-order valence-corrected chi connectivity index (χ4v) is 9.34. The molecule has 0 radical (unpaired) electrons. The summed E-state index contributed by atoms with van der Waals surface area (Å²) in [5, 5.41) is 31.4. The van der Waals surface area contributed by atoms with Gasteiger partial charge in [-0.05, 0) is 154 Å². The van der Waals surface area contributed by atoms with Gasteiger partial charge in [-0.3, -0.25) is 19.2 Å². The largest absolute Gasteiger partial charge is 0.459 e. The molecule has 6 rings (SSSR count). The molecule has 17 heteroatoms. The summed E-state index contributed by atoms with van der Waals surface area (Å²) in [5.41, 5.74) is -8.79. The van der Waals surface area contributed by atoms with Gasteiger partial charge in [0.15, 0.2) is 5.60 Å². The molecule has 2 aliphatic heterocycles. The van der Waals surface area contributed by atoms with Gasteiger partial charge in [-0.2, -0.15) is 22.0 Å². The van der Waals surface area contributed by atoms with Gasteiger partial charge in [0.2, 0.25) is 5.60 Å². The van der Waals surface area contributed by atoms with Crippen LogP contribution in [0, 0.1) is 33.0 Å². The average molecular weight is 915 g/mol. The number of carbonyl (C=O) groups is 4. The van der Waals surface area contributed by atoms with Crippen LogP contribution in [0.15, 0.2) is 0 Å². The number of esters is 4. The first-order valence-electron chi connectivity index (χ1n) is 22.1. The molecular formula is C46H75F5O12. The fourth-order valence-electron chi connectivity index (χ4n) is 9.34. The molecule has 2 heterocycles. The number of aliphatic hydroxyl groups is 3. The summed E-state index contributed by atoms with van der Waals surface area (Å²) in [6, 6.07) is 0. The van der Waals surface area contributed by atoms with Crippen molar-refractivity contribution in [3.05, 3.63) is 0 Å². The van der Waals surface area contributed by atoms with Crippen LogP contribution in [0.5, 0.6) is 0 Å². The molecule has 6 fully saturated rings. The molecule has 366 valence electrons. The minimum atomic E-state index is -5.74. The third-order valence-electron chi connectivity index (χ3n) is 15.6. The van der Waals surface area contributed by atoms with Crippen LogP contribution in [0.25, 0.3) is 0 Å². The quantitative estimate of drug-likeness (QED) is 0.102. The van der Waals surface area contributed by atoms with E-state index < -0.39 is 74.7 Å². The molecule has 2 saturated heterocycles. The predicted molar refractivity (Wildman–Crippen MR) is 221 cm³/mol. The second kappa shape index (κ2) is 16.9. The molecule has 0 amide bonds. The second-order valence-electron chi connectivity index (χ2n) is 22.6. The number of hydrogen-bond donors (Lipinski definition) is 3. The molecule has 3 N–H and O–H groups in total. The number of ether oxygens (including phenoxy) is 5. The fraction of sp³-hybridized carbons (Fsp3) is 0.913. The molecule has 0 aromatic heterocycles. The van der Waals surface area contributed by atoms with E-state index in [-0.39, 0.29) is 47.7 Å². The summed E-state index contributed by atoms with van der Waals surface area (Å²) < 4.78 is 91.1. The van der Waals surface area contributed by atoms with Crippen LogP contribution in [0.4, 0.5) is 22.0 Å². The van der Waals surface area contributed by atoms with Crippen LogP contribution < -0.4 is 0 Å². The van der Waals surface area contributed by atoms with E-state index in [0.29, 0.717) is 32.1 Å². The highest BCUT2D eigenvalue weighted by Gasteiger charge is 2.83. The summed E-state index contributed by atoms with van der Waals surface area (Å²) in [7, 11) is 0. The van der Waals surface area contributed by atoms with Gasteiger partial charge in [-0.25, -0.2) is 0 Å². The van der Waals surface area contributed by atoms with Crippen molar-refractivity contribution in [2.24, 2.45) is 33.0 Å². The van der Waals surface area contributed by atoms with E-state index in [2.05, 4.69) is 9.47 Å². The Morgan fingerprint density at radius 1 is 0.698 bits per heavy atom. The predicted octanol–water partition coefficient (Wildman–Crippen LogP) is 8.92. The Balaban J connectivity index is 0.000000260. The molecule has 63 heavy (non-hydrogen) atoms. The van der Waals surface area contributed by atoms with Crippen molar-refractivity contribution in [3.63, 3.8) is 0 Å². The second-order valence-corrected chi connectivity index (χ2v) is 22.6. The zero-order chi connectivity index (χ0) is 49.3. The Labute approximate surface area is 370 Å².